The SMILES string of the molecule is C=C(C)C(=O)OCC1COC1CCCC. The molecule has 2 unspecified atom stereocenters. The molecule has 15 heavy (non-hydrogen) atoms. The number of hydrogen-bond acceptors (Lipinski definition) is 3. The summed E-state index contributed by atoms with van der Waals surface area (Å²) in [5.74, 6) is 0.0935. The molecule has 1 saturated heterocycles. The van der Waals surface area contributed by atoms with E-state index in [1.54, 1.807) is 6.92 Å². The van der Waals surface area contributed by atoms with Crippen LogP contribution >= 0.6 is 0 Å². The molecule has 0 saturated carbocycles. The number of esters is 1. The van der Waals surface area contributed by atoms with Crippen LogP contribution in [0.2, 0.25) is 0 Å². The fourth-order valence-electron chi connectivity index (χ4n) is 1.55. The van der Waals surface area contributed by atoms with E-state index in [0.29, 0.717) is 24.2 Å². The summed E-state index contributed by atoms with van der Waals surface area (Å²) in [6.45, 7) is 8.55. The molecule has 3 nitrogen and oxygen atoms in total. The maximum atomic E-state index is 11.1. The van der Waals surface area contributed by atoms with Crippen LogP contribution in [0.25, 0.3) is 0 Å². The Hall–Kier alpha value is -0.830. The first kappa shape index (κ1) is 12.2. The molecule has 3 heteroatoms. The van der Waals surface area contributed by atoms with Gasteiger partial charge in [-0.2, -0.15) is 0 Å². The number of unbranched alkanes of at least 4 members (excludes halogenated alkanes) is 1. The van der Waals surface area contributed by atoms with Crippen molar-refractivity contribution in [2.45, 2.75) is 39.2 Å². The minimum Gasteiger partial charge on any atom is -0.462 e. The van der Waals surface area contributed by atoms with Gasteiger partial charge in [-0.05, 0) is 13.3 Å². The second-order valence-electron chi connectivity index (χ2n) is 4.15. The number of ether oxygens (including phenoxy) is 2. The van der Waals surface area contributed by atoms with Crippen molar-refractivity contribution in [1.82, 2.24) is 0 Å². The molecule has 1 aliphatic rings. The van der Waals surface area contributed by atoms with Gasteiger partial charge in [0.2, 0.25) is 0 Å². The number of rotatable bonds is 6. The van der Waals surface area contributed by atoms with Crippen molar-refractivity contribution in [3.63, 3.8) is 0 Å². The molecular weight excluding hydrogens is 192 g/mol. The van der Waals surface area contributed by atoms with E-state index in [1.165, 1.54) is 12.8 Å². The highest BCUT2D eigenvalue weighted by molar-refractivity contribution is 5.86. The Bertz CT molecular complexity index is 235. The van der Waals surface area contributed by atoms with Crippen LogP contribution in [0, 0.1) is 5.92 Å². The van der Waals surface area contributed by atoms with Gasteiger partial charge in [0.25, 0.3) is 0 Å². The Balaban J connectivity index is 2.16. The summed E-state index contributed by atoms with van der Waals surface area (Å²) in [5, 5.41) is 0. The minimum atomic E-state index is -0.295. The average Bonchev–Trinajstić information content (AvgIpc) is 2.16. The third kappa shape index (κ3) is 3.67. The Morgan fingerprint density at radius 2 is 2.33 bits per heavy atom. The molecule has 0 spiro atoms. The fourth-order valence-corrected chi connectivity index (χ4v) is 1.55. The summed E-state index contributed by atoms with van der Waals surface area (Å²) in [6, 6.07) is 0. The Labute approximate surface area is 91.4 Å². The van der Waals surface area contributed by atoms with Crippen LogP contribution in [0.5, 0.6) is 0 Å². The Kier molecular flexibility index (Phi) is 4.82. The maximum absolute atomic E-state index is 11.1. The van der Waals surface area contributed by atoms with Gasteiger partial charge in [-0.1, -0.05) is 26.3 Å². The van der Waals surface area contributed by atoms with Crippen LogP contribution in [0.1, 0.15) is 33.1 Å². The highest BCUT2D eigenvalue weighted by Crippen LogP contribution is 2.25. The van der Waals surface area contributed by atoms with E-state index in [1.807, 2.05) is 0 Å². The highest BCUT2D eigenvalue weighted by Gasteiger charge is 2.32. The van der Waals surface area contributed by atoms with Crippen LogP contribution in [-0.4, -0.2) is 25.3 Å². The van der Waals surface area contributed by atoms with Gasteiger partial charge in [0.1, 0.15) is 0 Å². The smallest absolute Gasteiger partial charge is 0.333 e. The highest BCUT2D eigenvalue weighted by atomic mass is 16.5. The van der Waals surface area contributed by atoms with Crippen molar-refractivity contribution >= 4 is 5.97 Å². The van der Waals surface area contributed by atoms with Gasteiger partial charge in [-0.25, -0.2) is 4.79 Å². The quantitative estimate of drug-likeness (QED) is 0.500. The van der Waals surface area contributed by atoms with Gasteiger partial charge >= 0.3 is 5.97 Å². The zero-order valence-corrected chi connectivity index (χ0v) is 9.62. The lowest BCUT2D eigenvalue weighted by atomic mass is 9.94. The standard InChI is InChI=1S/C12H20O3/c1-4-5-6-11-10(7-14-11)8-15-12(13)9(2)3/h10-11H,2,4-8H2,1,3H3. The molecule has 1 rings (SSSR count). The Morgan fingerprint density at radius 3 is 2.80 bits per heavy atom. The van der Waals surface area contributed by atoms with E-state index in [9.17, 15) is 4.79 Å². The lowest BCUT2D eigenvalue weighted by Crippen LogP contribution is -2.42. The van der Waals surface area contributed by atoms with Gasteiger partial charge in [0.05, 0.1) is 19.3 Å². The molecule has 0 bridgehead atoms. The molecule has 1 aliphatic heterocycles. The fraction of sp³-hybridized carbons (Fsp3) is 0.750. The lowest BCUT2D eigenvalue weighted by molar-refractivity contribution is -0.161. The summed E-state index contributed by atoms with van der Waals surface area (Å²) in [4.78, 5) is 11.1. The van der Waals surface area contributed by atoms with Gasteiger partial charge < -0.3 is 9.47 Å². The molecule has 0 N–H and O–H groups in total. The molecule has 1 heterocycles. The zero-order chi connectivity index (χ0) is 11.3. The summed E-state index contributed by atoms with van der Waals surface area (Å²) >= 11 is 0. The molecule has 0 aromatic carbocycles. The van der Waals surface area contributed by atoms with Gasteiger partial charge in [0.15, 0.2) is 0 Å². The maximum Gasteiger partial charge on any atom is 0.333 e. The molecule has 0 aromatic heterocycles. The number of hydrogen-bond donors (Lipinski definition) is 0. The third-order valence-electron chi connectivity index (χ3n) is 2.67. The van der Waals surface area contributed by atoms with Crippen molar-refractivity contribution in [3.8, 4) is 0 Å². The van der Waals surface area contributed by atoms with E-state index in [2.05, 4.69) is 13.5 Å². The molecule has 0 aromatic rings. The number of carbonyl (C=O) groups is 1. The first-order chi connectivity index (χ1) is 7.15. The lowest BCUT2D eigenvalue weighted by Gasteiger charge is -2.36. The molecule has 2 atom stereocenters. The first-order valence-corrected chi connectivity index (χ1v) is 5.59. The topological polar surface area (TPSA) is 35.5 Å². The van der Waals surface area contributed by atoms with E-state index < -0.39 is 0 Å². The molecule has 0 radical (unpaired) electrons. The first-order valence-electron chi connectivity index (χ1n) is 5.59. The van der Waals surface area contributed by atoms with Crippen molar-refractivity contribution in [1.29, 1.82) is 0 Å². The van der Waals surface area contributed by atoms with E-state index in [-0.39, 0.29) is 5.97 Å². The van der Waals surface area contributed by atoms with Crippen molar-refractivity contribution in [2.24, 2.45) is 5.92 Å². The van der Waals surface area contributed by atoms with Crippen LogP contribution in [0.3, 0.4) is 0 Å². The molecule has 86 valence electrons. The molecule has 0 aliphatic carbocycles. The Morgan fingerprint density at radius 1 is 1.60 bits per heavy atom. The van der Waals surface area contributed by atoms with Crippen LogP contribution in [-0.2, 0) is 14.3 Å². The minimum absolute atomic E-state index is 0.294. The van der Waals surface area contributed by atoms with Crippen LogP contribution < -0.4 is 0 Å². The van der Waals surface area contributed by atoms with Crippen molar-refractivity contribution in [2.75, 3.05) is 13.2 Å². The molecular formula is C12H20O3. The molecule has 1 fully saturated rings. The molecule has 0 amide bonds. The van der Waals surface area contributed by atoms with E-state index >= 15 is 0 Å². The van der Waals surface area contributed by atoms with E-state index in [0.717, 1.165) is 13.0 Å². The summed E-state index contributed by atoms with van der Waals surface area (Å²) < 4.78 is 10.5. The van der Waals surface area contributed by atoms with Gasteiger partial charge in [-0.15, -0.1) is 0 Å². The normalized spacial score (nSPS) is 24.4. The average molecular weight is 212 g/mol. The van der Waals surface area contributed by atoms with Gasteiger partial charge in [-0.3, -0.25) is 0 Å². The summed E-state index contributed by atoms with van der Waals surface area (Å²) in [5.41, 5.74) is 0.459. The predicted octanol–water partition coefficient (Wildman–Crippen LogP) is 2.31. The monoisotopic (exact) mass is 212 g/mol. The summed E-state index contributed by atoms with van der Waals surface area (Å²) in [6.07, 6.45) is 3.72. The van der Waals surface area contributed by atoms with E-state index in [4.69, 9.17) is 9.47 Å². The second kappa shape index (κ2) is 5.91. The predicted molar refractivity (Wildman–Crippen MR) is 58.5 cm³/mol. The van der Waals surface area contributed by atoms with Crippen molar-refractivity contribution in [3.05, 3.63) is 12.2 Å². The summed E-state index contributed by atoms with van der Waals surface area (Å²) in [7, 11) is 0. The van der Waals surface area contributed by atoms with Crippen LogP contribution in [0.15, 0.2) is 12.2 Å². The van der Waals surface area contributed by atoms with Crippen molar-refractivity contribution < 1.29 is 14.3 Å². The largest absolute Gasteiger partial charge is 0.462 e. The zero-order valence-electron chi connectivity index (χ0n) is 9.62. The number of carbonyl (C=O) groups excluding carboxylic acids is 1. The van der Waals surface area contributed by atoms with Gasteiger partial charge in [0, 0.05) is 11.5 Å². The third-order valence-corrected chi connectivity index (χ3v) is 2.67. The van der Waals surface area contributed by atoms with Crippen LogP contribution in [0.4, 0.5) is 0 Å². The second-order valence-corrected chi connectivity index (χ2v) is 4.15.